The van der Waals surface area contributed by atoms with E-state index in [1.54, 1.807) is 6.20 Å². The Morgan fingerprint density at radius 2 is 2.04 bits per heavy atom. The van der Waals surface area contributed by atoms with Gasteiger partial charge in [0.2, 0.25) is 5.91 Å². The van der Waals surface area contributed by atoms with Gasteiger partial charge in [-0.2, -0.15) is 0 Å². The number of carbonyl (C=O) groups excluding carboxylic acids is 1. The molecule has 2 atom stereocenters. The molecule has 2 unspecified atom stereocenters. The summed E-state index contributed by atoms with van der Waals surface area (Å²) < 4.78 is 5.81. The minimum atomic E-state index is 0.268. The number of benzene rings is 1. The van der Waals surface area contributed by atoms with E-state index in [4.69, 9.17) is 4.42 Å². The van der Waals surface area contributed by atoms with E-state index in [1.807, 2.05) is 35.2 Å². The molecule has 0 spiro atoms. The van der Waals surface area contributed by atoms with Gasteiger partial charge in [0.15, 0.2) is 11.7 Å². The van der Waals surface area contributed by atoms with Crippen LogP contribution in [-0.2, 0) is 11.2 Å². The number of rotatable bonds is 5. The number of fused-ring (bicyclic) bond motifs is 2. The summed E-state index contributed by atoms with van der Waals surface area (Å²) in [6, 6.07) is 11.1. The molecule has 0 saturated carbocycles. The Labute approximate surface area is 148 Å². The van der Waals surface area contributed by atoms with Crippen molar-refractivity contribution in [2.75, 3.05) is 13.1 Å². The van der Waals surface area contributed by atoms with E-state index in [2.05, 4.69) is 10.3 Å². The van der Waals surface area contributed by atoms with Crippen molar-refractivity contribution in [1.29, 1.82) is 0 Å². The molecule has 25 heavy (non-hydrogen) atoms. The van der Waals surface area contributed by atoms with Gasteiger partial charge in [0, 0.05) is 43.6 Å². The Morgan fingerprint density at radius 3 is 2.92 bits per heavy atom. The first-order valence-corrected chi connectivity index (χ1v) is 9.32. The molecule has 2 aromatic rings. The lowest BCUT2D eigenvalue weighted by Gasteiger charge is -2.24. The highest BCUT2D eigenvalue weighted by Gasteiger charge is 2.30. The molecule has 1 amide bonds. The molecule has 3 heterocycles. The van der Waals surface area contributed by atoms with E-state index in [9.17, 15) is 4.79 Å². The van der Waals surface area contributed by atoms with Crippen LogP contribution < -0.4 is 5.32 Å². The van der Waals surface area contributed by atoms with Gasteiger partial charge in [-0.3, -0.25) is 4.79 Å². The molecule has 2 saturated heterocycles. The van der Waals surface area contributed by atoms with Crippen LogP contribution in [0.3, 0.4) is 0 Å². The minimum absolute atomic E-state index is 0.268. The van der Waals surface area contributed by atoms with Crippen molar-refractivity contribution in [3.05, 3.63) is 42.4 Å². The molecule has 1 aromatic heterocycles. The quantitative estimate of drug-likeness (QED) is 0.910. The predicted octanol–water partition coefficient (Wildman–Crippen LogP) is 3.02. The zero-order valence-corrected chi connectivity index (χ0v) is 14.5. The summed E-state index contributed by atoms with van der Waals surface area (Å²) in [5.74, 6) is 1.77. The van der Waals surface area contributed by atoms with Gasteiger partial charge in [-0.15, -0.1) is 0 Å². The zero-order chi connectivity index (χ0) is 17.1. The molecule has 132 valence electrons. The third-order valence-corrected chi connectivity index (χ3v) is 5.27. The maximum atomic E-state index is 12.5. The van der Waals surface area contributed by atoms with Gasteiger partial charge in [-0.1, -0.05) is 30.3 Å². The number of likely N-dealkylation sites (tertiary alicyclic amines) is 1. The first-order valence-electron chi connectivity index (χ1n) is 9.32. The van der Waals surface area contributed by atoms with E-state index in [-0.39, 0.29) is 5.91 Å². The second-order valence-electron chi connectivity index (χ2n) is 7.10. The number of carbonyl (C=O) groups is 1. The van der Waals surface area contributed by atoms with Crippen molar-refractivity contribution in [1.82, 2.24) is 15.2 Å². The van der Waals surface area contributed by atoms with Gasteiger partial charge in [0.25, 0.3) is 0 Å². The highest BCUT2D eigenvalue weighted by molar-refractivity contribution is 5.76. The van der Waals surface area contributed by atoms with Gasteiger partial charge >= 0.3 is 0 Å². The SMILES string of the molecule is O=C(CCCc1ncc(-c2ccccc2)o1)N1CCC2CCC(C1)N2. The molecule has 0 aliphatic carbocycles. The zero-order valence-electron chi connectivity index (χ0n) is 14.5. The fourth-order valence-electron chi connectivity index (χ4n) is 3.88. The Kier molecular flexibility index (Phi) is 4.83. The van der Waals surface area contributed by atoms with Gasteiger partial charge in [0.05, 0.1) is 6.20 Å². The Bertz CT molecular complexity index is 713. The van der Waals surface area contributed by atoms with E-state index in [1.165, 1.54) is 12.8 Å². The Hall–Kier alpha value is -2.14. The largest absolute Gasteiger partial charge is 0.441 e. The first-order chi connectivity index (χ1) is 12.3. The lowest BCUT2D eigenvalue weighted by Crippen LogP contribution is -2.38. The second-order valence-corrected chi connectivity index (χ2v) is 7.10. The number of aryl methyl sites for hydroxylation is 1. The van der Waals surface area contributed by atoms with Crippen LogP contribution in [0.25, 0.3) is 11.3 Å². The first kappa shape index (κ1) is 16.3. The molecule has 4 rings (SSSR count). The average Bonchev–Trinajstić information content (AvgIpc) is 3.22. The molecule has 2 aliphatic rings. The molecule has 5 heteroatoms. The molecule has 2 bridgehead atoms. The molecule has 1 aromatic carbocycles. The van der Waals surface area contributed by atoms with Crippen LogP contribution in [-0.4, -0.2) is 41.0 Å². The van der Waals surface area contributed by atoms with Crippen molar-refractivity contribution in [2.24, 2.45) is 0 Å². The molecule has 2 fully saturated rings. The van der Waals surface area contributed by atoms with Crippen LogP contribution in [0.15, 0.2) is 40.9 Å². The average molecular weight is 339 g/mol. The Balaban J connectivity index is 1.26. The fraction of sp³-hybridized carbons (Fsp3) is 0.500. The van der Waals surface area contributed by atoms with Gasteiger partial charge in [-0.25, -0.2) is 4.98 Å². The third kappa shape index (κ3) is 3.93. The number of hydrogen-bond donors (Lipinski definition) is 1. The van der Waals surface area contributed by atoms with Crippen molar-refractivity contribution in [3.63, 3.8) is 0 Å². The van der Waals surface area contributed by atoms with Crippen LogP contribution in [0.1, 0.15) is 38.0 Å². The number of nitrogens with one attached hydrogen (secondary N) is 1. The number of aromatic nitrogens is 1. The van der Waals surface area contributed by atoms with Crippen molar-refractivity contribution >= 4 is 5.91 Å². The van der Waals surface area contributed by atoms with E-state index in [0.717, 1.165) is 37.3 Å². The maximum absolute atomic E-state index is 12.5. The standard InChI is InChI=1S/C20H25N3O2/c24-20(23-12-11-16-9-10-17(14-23)22-16)8-4-7-19-21-13-18(25-19)15-5-2-1-3-6-15/h1-3,5-6,13,16-17,22H,4,7-12,14H2. The monoisotopic (exact) mass is 339 g/mol. The molecule has 1 N–H and O–H groups in total. The summed E-state index contributed by atoms with van der Waals surface area (Å²) in [7, 11) is 0. The van der Waals surface area contributed by atoms with Crippen LogP contribution >= 0.6 is 0 Å². The topological polar surface area (TPSA) is 58.4 Å². The predicted molar refractivity (Wildman–Crippen MR) is 96.0 cm³/mol. The van der Waals surface area contributed by atoms with E-state index in [0.29, 0.717) is 30.8 Å². The lowest BCUT2D eigenvalue weighted by atomic mass is 10.1. The normalized spacial score (nSPS) is 22.8. The van der Waals surface area contributed by atoms with Gasteiger partial charge in [-0.05, 0) is 25.7 Å². The third-order valence-electron chi connectivity index (χ3n) is 5.27. The lowest BCUT2D eigenvalue weighted by molar-refractivity contribution is -0.131. The van der Waals surface area contributed by atoms with Crippen LogP contribution in [0.5, 0.6) is 0 Å². The van der Waals surface area contributed by atoms with Crippen molar-refractivity contribution in [2.45, 2.75) is 50.6 Å². The number of hydrogen-bond acceptors (Lipinski definition) is 4. The van der Waals surface area contributed by atoms with Crippen molar-refractivity contribution in [3.8, 4) is 11.3 Å². The number of nitrogens with zero attached hydrogens (tertiary/aromatic N) is 2. The maximum Gasteiger partial charge on any atom is 0.222 e. The summed E-state index contributed by atoms with van der Waals surface area (Å²) in [6.45, 7) is 1.76. The summed E-state index contributed by atoms with van der Waals surface area (Å²) in [5.41, 5.74) is 1.03. The Morgan fingerprint density at radius 1 is 1.20 bits per heavy atom. The summed E-state index contributed by atoms with van der Waals surface area (Å²) in [5, 5.41) is 3.62. The summed E-state index contributed by atoms with van der Waals surface area (Å²) >= 11 is 0. The molecular weight excluding hydrogens is 314 g/mol. The smallest absolute Gasteiger partial charge is 0.222 e. The van der Waals surface area contributed by atoms with Gasteiger partial charge < -0.3 is 14.6 Å². The van der Waals surface area contributed by atoms with Gasteiger partial charge in [0.1, 0.15) is 0 Å². The van der Waals surface area contributed by atoms with Crippen LogP contribution in [0.2, 0.25) is 0 Å². The summed E-state index contributed by atoms with van der Waals surface area (Å²) in [6.07, 6.45) is 7.38. The van der Waals surface area contributed by atoms with Crippen molar-refractivity contribution < 1.29 is 9.21 Å². The number of oxazole rings is 1. The van der Waals surface area contributed by atoms with E-state index < -0.39 is 0 Å². The fourth-order valence-corrected chi connectivity index (χ4v) is 3.88. The highest BCUT2D eigenvalue weighted by Crippen LogP contribution is 2.22. The molecular formula is C20H25N3O2. The molecule has 2 aliphatic heterocycles. The minimum Gasteiger partial charge on any atom is -0.441 e. The molecule has 0 radical (unpaired) electrons. The highest BCUT2D eigenvalue weighted by atomic mass is 16.4. The number of amides is 1. The van der Waals surface area contributed by atoms with E-state index >= 15 is 0 Å². The molecule has 5 nitrogen and oxygen atoms in total. The van der Waals surface area contributed by atoms with Crippen LogP contribution in [0, 0.1) is 0 Å². The summed E-state index contributed by atoms with van der Waals surface area (Å²) in [4.78, 5) is 18.9. The van der Waals surface area contributed by atoms with Crippen LogP contribution in [0.4, 0.5) is 0 Å². The second kappa shape index (κ2) is 7.40.